The monoisotopic (exact) mass is 467 g/mol. The van der Waals surface area contributed by atoms with Gasteiger partial charge in [-0.05, 0) is 49.0 Å². The molecule has 0 amide bonds. The third-order valence-corrected chi connectivity index (χ3v) is 6.75. The first-order valence-electron chi connectivity index (χ1n) is 12.2. The van der Waals surface area contributed by atoms with Crippen molar-refractivity contribution in [2.24, 2.45) is 0 Å². The van der Waals surface area contributed by atoms with E-state index < -0.39 is 11.9 Å². The molecule has 2 fully saturated rings. The molecule has 2 aliphatic heterocycles. The third kappa shape index (κ3) is 8.24. The lowest BCUT2D eigenvalue weighted by atomic mass is 10.0. The second-order valence-electron chi connectivity index (χ2n) is 9.09. The molecule has 0 spiro atoms. The fourth-order valence-corrected chi connectivity index (χ4v) is 4.71. The minimum absolute atomic E-state index is 0.790. The number of carboxylic acids is 2. The Balaban J connectivity index is 0.000000481. The lowest BCUT2D eigenvalue weighted by Gasteiger charge is -2.43. The van der Waals surface area contributed by atoms with Crippen LogP contribution in [0.25, 0.3) is 0 Å². The van der Waals surface area contributed by atoms with Crippen molar-refractivity contribution < 1.29 is 19.8 Å². The number of carbonyl (C=O) groups is 2. The maximum absolute atomic E-state index is 9.10. The lowest BCUT2D eigenvalue weighted by molar-refractivity contribution is -0.159. The van der Waals surface area contributed by atoms with E-state index in [4.69, 9.17) is 19.8 Å². The van der Waals surface area contributed by atoms with Crippen molar-refractivity contribution in [1.29, 1.82) is 0 Å². The molecule has 0 aromatic heterocycles. The Morgan fingerprint density at radius 1 is 0.706 bits per heavy atom. The molecule has 2 heterocycles. The minimum Gasteiger partial charge on any atom is -0.473 e. The highest BCUT2D eigenvalue weighted by Crippen LogP contribution is 2.20. The van der Waals surface area contributed by atoms with Gasteiger partial charge in [0.2, 0.25) is 0 Å². The summed E-state index contributed by atoms with van der Waals surface area (Å²) in [5.74, 6) is -3.65. The van der Waals surface area contributed by atoms with E-state index in [0.29, 0.717) is 0 Å². The molecule has 34 heavy (non-hydrogen) atoms. The Morgan fingerprint density at radius 2 is 1.18 bits per heavy atom. The van der Waals surface area contributed by atoms with Crippen LogP contribution in [0.2, 0.25) is 0 Å². The fourth-order valence-electron chi connectivity index (χ4n) is 4.71. The quantitative estimate of drug-likeness (QED) is 0.631. The summed E-state index contributed by atoms with van der Waals surface area (Å²) in [5.41, 5.74) is 4.34. The molecule has 7 nitrogen and oxygen atoms in total. The van der Waals surface area contributed by atoms with Crippen LogP contribution in [0.4, 0.5) is 0 Å². The van der Waals surface area contributed by atoms with Gasteiger partial charge in [0.1, 0.15) is 0 Å². The van der Waals surface area contributed by atoms with Gasteiger partial charge in [-0.2, -0.15) is 0 Å². The Kier molecular flexibility index (Phi) is 10.1. The number of likely N-dealkylation sites (tertiary alicyclic amines) is 1. The summed E-state index contributed by atoms with van der Waals surface area (Å²) >= 11 is 0. The minimum atomic E-state index is -1.82. The zero-order valence-electron chi connectivity index (χ0n) is 20.1. The van der Waals surface area contributed by atoms with E-state index in [-0.39, 0.29) is 0 Å². The molecule has 2 aromatic carbocycles. The number of benzene rings is 2. The standard InChI is InChI=1S/C25H35N3.C2H2O4/c1-2-22-8-10-24(11-9-22)21-27-16-18-28(19-17-27)25-12-14-26(15-13-25)20-23-6-4-3-5-7-23;3-1(4)2(5)6/h3-11,25H,2,12-21H2,1H3;(H,3,4)(H,5,6). The summed E-state index contributed by atoms with van der Waals surface area (Å²) in [5, 5.41) is 14.8. The number of rotatable bonds is 6. The van der Waals surface area contributed by atoms with Gasteiger partial charge in [-0.25, -0.2) is 9.59 Å². The normalized spacial score (nSPS) is 18.1. The molecule has 4 rings (SSSR count). The molecule has 7 heteroatoms. The molecule has 2 aliphatic rings. The highest BCUT2D eigenvalue weighted by molar-refractivity contribution is 6.27. The third-order valence-electron chi connectivity index (χ3n) is 6.75. The summed E-state index contributed by atoms with van der Waals surface area (Å²) in [4.78, 5) is 26.2. The van der Waals surface area contributed by atoms with Crippen LogP contribution in [-0.4, -0.2) is 82.2 Å². The van der Waals surface area contributed by atoms with Crippen LogP contribution in [0, 0.1) is 0 Å². The molecule has 184 valence electrons. The molecule has 0 radical (unpaired) electrons. The second kappa shape index (κ2) is 13.2. The Hall–Kier alpha value is -2.74. The molecule has 2 aromatic rings. The highest BCUT2D eigenvalue weighted by Gasteiger charge is 2.27. The molecule has 0 atom stereocenters. The van der Waals surface area contributed by atoms with Crippen molar-refractivity contribution in [3.63, 3.8) is 0 Å². The number of aryl methyl sites for hydroxylation is 1. The van der Waals surface area contributed by atoms with E-state index >= 15 is 0 Å². The van der Waals surface area contributed by atoms with Gasteiger partial charge >= 0.3 is 11.9 Å². The predicted octanol–water partition coefficient (Wildman–Crippen LogP) is 3.19. The maximum Gasteiger partial charge on any atom is 0.414 e. The first kappa shape index (κ1) is 25.9. The van der Waals surface area contributed by atoms with E-state index in [9.17, 15) is 0 Å². The van der Waals surface area contributed by atoms with Gasteiger partial charge < -0.3 is 10.2 Å². The summed E-state index contributed by atoms with van der Waals surface area (Å²) < 4.78 is 0. The number of piperidine rings is 1. The van der Waals surface area contributed by atoms with Gasteiger partial charge in [0.15, 0.2) is 0 Å². The number of aliphatic carboxylic acids is 2. The molecule has 0 unspecified atom stereocenters. The molecule has 0 aliphatic carbocycles. The van der Waals surface area contributed by atoms with Crippen molar-refractivity contribution in [3.8, 4) is 0 Å². The SMILES string of the molecule is CCc1ccc(CN2CCN(C3CCN(Cc4ccccc4)CC3)CC2)cc1.O=C(O)C(=O)O. The maximum atomic E-state index is 9.10. The van der Waals surface area contributed by atoms with Crippen LogP contribution in [0.5, 0.6) is 0 Å². The molecule has 2 saturated heterocycles. The molecule has 0 bridgehead atoms. The number of piperazine rings is 1. The van der Waals surface area contributed by atoms with Gasteiger partial charge in [0.25, 0.3) is 0 Å². The highest BCUT2D eigenvalue weighted by atomic mass is 16.4. The zero-order chi connectivity index (χ0) is 24.3. The van der Waals surface area contributed by atoms with Crippen molar-refractivity contribution in [2.75, 3.05) is 39.3 Å². The van der Waals surface area contributed by atoms with Gasteiger partial charge in [-0.1, -0.05) is 61.5 Å². The van der Waals surface area contributed by atoms with Crippen molar-refractivity contribution in [3.05, 3.63) is 71.3 Å². The predicted molar refractivity (Wildman–Crippen MR) is 133 cm³/mol. The Labute approximate surface area is 202 Å². The average Bonchev–Trinajstić information content (AvgIpc) is 2.86. The number of carboxylic acid groups (broad SMARTS) is 2. The average molecular weight is 468 g/mol. The first-order valence-corrected chi connectivity index (χ1v) is 12.2. The van der Waals surface area contributed by atoms with Crippen molar-refractivity contribution in [1.82, 2.24) is 14.7 Å². The van der Waals surface area contributed by atoms with E-state index in [2.05, 4.69) is 76.2 Å². The van der Waals surface area contributed by atoms with Crippen LogP contribution < -0.4 is 0 Å². The Morgan fingerprint density at radius 3 is 1.68 bits per heavy atom. The van der Waals surface area contributed by atoms with Gasteiger partial charge in [-0.3, -0.25) is 14.7 Å². The van der Waals surface area contributed by atoms with Gasteiger partial charge in [0, 0.05) is 45.3 Å². The number of hydrogen-bond acceptors (Lipinski definition) is 5. The summed E-state index contributed by atoms with van der Waals surface area (Å²) in [6, 6.07) is 20.9. The number of nitrogens with zero attached hydrogens (tertiary/aromatic N) is 3. The Bertz CT molecular complexity index is 876. The first-order chi connectivity index (χ1) is 16.4. The molecular formula is C27H37N3O4. The van der Waals surface area contributed by atoms with Crippen LogP contribution in [0.1, 0.15) is 36.5 Å². The zero-order valence-corrected chi connectivity index (χ0v) is 20.1. The second-order valence-corrected chi connectivity index (χ2v) is 9.09. The van der Waals surface area contributed by atoms with Crippen molar-refractivity contribution >= 4 is 11.9 Å². The topological polar surface area (TPSA) is 84.3 Å². The van der Waals surface area contributed by atoms with Gasteiger partial charge in [0.05, 0.1) is 0 Å². The van der Waals surface area contributed by atoms with E-state index in [1.54, 1.807) is 0 Å². The van der Waals surface area contributed by atoms with E-state index in [1.165, 1.54) is 68.8 Å². The van der Waals surface area contributed by atoms with Crippen molar-refractivity contribution in [2.45, 2.75) is 45.3 Å². The number of hydrogen-bond donors (Lipinski definition) is 2. The van der Waals surface area contributed by atoms with Crippen LogP contribution in [-0.2, 0) is 29.1 Å². The lowest BCUT2D eigenvalue weighted by Crippen LogP contribution is -2.52. The summed E-state index contributed by atoms with van der Waals surface area (Å²) in [6.45, 7) is 11.8. The van der Waals surface area contributed by atoms with E-state index in [1.807, 2.05) is 0 Å². The molecule has 0 saturated carbocycles. The molecular weight excluding hydrogens is 430 g/mol. The summed E-state index contributed by atoms with van der Waals surface area (Å²) in [6.07, 6.45) is 3.78. The smallest absolute Gasteiger partial charge is 0.414 e. The summed E-state index contributed by atoms with van der Waals surface area (Å²) in [7, 11) is 0. The van der Waals surface area contributed by atoms with E-state index in [0.717, 1.165) is 25.6 Å². The fraction of sp³-hybridized carbons (Fsp3) is 0.481. The van der Waals surface area contributed by atoms with Crippen LogP contribution >= 0.6 is 0 Å². The van der Waals surface area contributed by atoms with Gasteiger partial charge in [-0.15, -0.1) is 0 Å². The van der Waals surface area contributed by atoms with Crippen LogP contribution in [0.3, 0.4) is 0 Å². The largest absolute Gasteiger partial charge is 0.473 e. The molecule has 2 N–H and O–H groups in total. The van der Waals surface area contributed by atoms with Crippen LogP contribution in [0.15, 0.2) is 54.6 Å².